The van der Waals surface area contributed by atoms with Gasteiger partial charge in [-0.25, -0.2) is 4.79 Å². The second-order valence-corrected chi connectivity index (χ2v) is 5.34. The Morgan fingerprint density at radius 2 is 1.82 bits per heavy atom. The number of allylic oxidation sites excluding steroid dienone is 4. The normalized spacial score (nSPS) is 32.2. The first kappa shape index (κ1) is 12.2. The molecular formula is C15H20O2. The highest BCUT2D eigenvalue weighted by Gasteiger charge is 2.34. The molecule has 92 valence electrons. The molecule has 0 aromatic heterocycles. The van der Waals surface area contributed by atoms with Crippen molar-refractivity contribution in [1.82, 2.24) is 0 Å². The van der Waals surface area contributed by atoms with Gasteiger partial charge in [-0.1, -0.05) is 29.9 Å². The molecule has 0 heterocycles. The highest BCUT2D eigenvalue weighted by Crippen LogP contribution is 2.44. The lowest BCUT2D eigenvalue weighted by Gasteiger charge is -2.23. The van der Waals surface area contributed by atoms with E-state index in [1.165, 1.54) is 11.1 Å². The van der Waals surface area contributed by atoms with Gasteiger partial charge in [-0.2, -0.15) is 0 Å². The summed E-state index contributed by atoms with van der Waals surface area (Å²) in [6.07, 6.45) is 7.41. The van der Waals surface area contributed by atoms with E-state index in [-0.39, 0.29) is 5.92 Å². The maximum Gasteiger partial charge on any atom is 0.331 e. The van der Waals surface area contributed by atoms with Crippen LogP contribution in [0.15, 0.2) is 35.5 Å². The molecule has 0 aliphatic heterocycles. The summed E-state index contributed by atoms with van der Waals surface area (Å²) in [6.45, 7) is 8.08. The van der Waals surface area contributed by atoms with Crippen LogP contribution >= 0.6 is 0 Å². The summed E-state index contributed by atoms with van der Waals surface area (Å²) in [7, 11) is 0. The molecule has 2 heteroatoms. The summed E-state index contributed by atoms with van der Waals surface area (Å²) in [6, 6.07) is 0. The van der Waals surface area contributed by atoms with E-state index in [0.29, 0.717) is 17.4 Å². The molecule has 0 saturated heterocycles. The fourth-order valence-electron chi connectivity index (χ4n) is 3.14. The first-order valence-corrected chi connectivity index (χ1v) is 6.26. The molecule has 17 heavy (non-hydrogen) atoms. The minimum absolute atomic E-state index is 0.0962. The van der Waals surface area contributed by atoms with Crippen LogP contribution in [0.1, 0.15) is 33.1 Å². The Morgan fingerprint density at radius 1 is 1.24 bits per heavy atom. The van der Waals surface area contributed by atoms with Gasteiger partial charge >= 0.3 is 5.97 Å². The van der Waals surface area contributed by atoms with E-state index in [1.807, 2.05) is 0 Å². The molecule has 0 aromatic carbocycles. The van der Waals surface area contributed by atoms with Crippen molar-refractivity contribution in [2.75, 3.05) is 0 Å². The molecule has 0 radical (unpaired) electrons. The predicted molar refractivity (Wildman–Crippen MR) is 68.6 cm³/mol. The third-order valence-corrected chi connectivity index (χ3v) is 4.38. The summed E-state index contributed by atoms with van der Waals surface area (Å²) in [5.41, 5.74) is 3.21. The third-order valence-electron chi connectivity index (χ3n) is 4.38. The minimum atomic E-state index is -0.848. The maximum atomic E-state index is 11.0. The van der Waals surface area contributed by atoms with Crippen molar-refractivity contribution < 1.29 is 9.90 Å². The van der Waals surface area contributed by atoms with E-state index in [2.05, 4.69) is 32.6 Å². The molecule has 0 spiro atoms. The molecule has 0 bridgehead atoms. The SMILES string of the molecule is C=C(C(=O)O)C1CC=C(C)C2CC=C(C)C2C1. The van der Waals surface area contributed by atoms with Crippen molar-refractivity contribution in [3.8, 4) is 0 Å². The zero-order valence-corrected chi connectivity index (χ0v) is 10.6. The van der Waals surface area contributed by atoms with Crippen molar-refractivity contribution in [3.05, 3.63) is 35.5 Å². The van der Waals surface area contributed by atoms with Gasteiger partial charge in [0.15, 0.2) is 0 Å². The highest BCUT2D eigenvalue weighted by molar-refractivity contribution is 5.86. The molecule has 0 amide bonds. The van der Waals surface area contributed by atoms with Gasteiger partial charge in [-0.15, -0.1) is 0 Å². The van der Waals surface area contributed by atoms with Crippen LogP contribution in [0.4, 0.5) is 0 Å². The van der Waals surface area contributed by atoms with Crippen LogP contribution in [-0.4, -0.2) is 11.1 Å². The van der Waals surface area contributed by atoms with Gasteiger partial charge in [0.2, 0.25) is 0 Å². The Kier molecular flexibility index (Phi) is 3.23. The van der Waals surface area contributed by atoms with Crippen LogP contribution in [0.3, 0.4) is 0 Å². The van der Waals surface area contributed by atoms with Gasteiger partial charge in [0.05, 0.1) is 0 Å². The van der Waals surface area contributed by atoms with Gasteiger partial charge < -0.3 is 5.11 Å². The van der Waals surface area contributed by atoms with E-state index in [1.54, 1.807) is 0 Å². The number of rotatable bonds is 2. The summed E-state index contributed by atoms with van der Waals surface area (Å²) in [4.78, 5) is 11.0. The van der Waals surface area contributed by atoms with E-state index in [9.17, 15) is 4.79 Å². The average Bonchev–Trinajstić information content (AvgIpc) is 2.55. The fourth-order valence-corrected chi connectivity index (χ4v) is 3.14. The largest absolute Gasteiger partial charge is 0.478 e. The number of fused-ring (bicyclic) bond motifs is 1. The molecule has 1 N–H and O–H groups in total. The molecule has 0 saturated carbocycles. The highest BCUT2D eigenvalue weighted by atomic mass is 16.4. The minimum Gasteiger partial charge on any atom is -0.478 e. The lowest BCUT2D eigenvalue weighted by atomic mass is 9.81. The molecule has 2 aliphatic rings. The monoisotopic (exact) mass is 232 g/mol. The van der Waals surface area contributed by atoms with Crippen molar-refractivity contribution in [1.29, 1.82) is 0 Å². The van der Waals surface area contributed by atoms with Gasteiger partial charge in [-0.05, 0) is 50.9 Å². The zero-order chi connectivity index (χ0) is 12.6. The van der Waals surface area contributed by atoms with Gasteiger partial charge in [0, 0.05) is 5.57 Å². The smallest absolute Gasteiger partial charge is 0.331 e. The van der Waals surface area contributed by atoms with Crippen molar-refractivity contribution in [2.45, 2.75) is 33.1 Å². The number of aliphatic carboxylic acids is 1. The van der Waals surface area contributed by atoms with Gasteiger partial charge in [-0.3, -0.25) is 0 Å². The molecule has 2 rings (SSSR count). The lowest BCUT2D eigenvalue weighted by molar-refractivity contribution is -0.133. The topological polar surface area (TPSA) is 37.3 Å². The van der Waals surface area contributed by atoms with Crippen LogP contribution in [0.5, 0.6) is 0 Å². The Bertz CT molecular complexity index is 415. The molecule has 2 nitrogen and oxygen atoms in total. The zero-order valence-electron chi connectivity index (χ0n) is 10.6. The summed E-state index contributed by atoms with van der Waals surface area (Å²) >= 11 is 0. The van der Waals surface area contributed by atoms with Crippen LogP contribution in [-0.2, 0) is 4.79 Å². The van der Waals surface area contributed by atoms with Gasteiger partial charge in [0.25, 0.3) is 0 Å². The summed E-state index contributed by atoms with van der Waals surface area (Å²) in [5, 5.41) is 9.06. The van der Waals surface area contributed by atoms with Gasteiger partial charge in [0.1, 0.15) is 0 Å². The standard InChI is InChI=1S/C15H20O2/c1-9-4-6-12(11(3)15(16)17)8-14-10(2)5-7-13(9)14/h4-5,12-14H,3,6-8H2,1-2H3,(H,16,17). The van der Waals surface area contributed by atoms with Crippen molar-refractivity contribution in [2.24, 2.45) is 17.8 Å². The number of hydrogen-bond acceptors (Lipinski definition) is 1. The van der Waals surface area contributed by atoms with E-state index in [4.69, 9.17) is 5.11 Å². The van der Waals surface area contributed by atoms with Crippen molar-refractivity contribution >= 4 is 5.97 Å². The molecule has 2 aliphatic carbocycles. The molecule has 3 atom stereocenters. The van der Waals surface area contributed by atoms with Crippen LogP contribution in [0, 0.1) is 17.8 Å². The molecular weight excluding hydrogens is 212 g/mol. The second kappa shape index (κ2) is 4.52. The van der Waals surface area contributed by atoms with E-state index >= 15 is 0 Å². The van der Waals surface area contributed by atoms with E-state index < -0.39 is 5.97 Å². The van der Waals surface area contributed by atoms with E-state index in [0.717, 1.165) is 19.3 Å². The Morgan fingerprint density at radius 3 is 2.47 bits per heavy atom. The maximum absolute atomic E-state index is 11.0. The number of carbonyl (C=O) groups is 1. The Balaban J connectivity index is 2.22. The quantitative estimate of drug-likeness (QED) is 0.584. The Hall–Kier alpha value is -1.31. The first-order chi connectivity index (χ1) is 8.00. The first-order valence-electron chi connectivity index (χ1n) is 6.26. The summed E-state index contributed by atoms with van der Waals surface area (Å²) < 4.78 is 0. The average molecular weight is 232 g/mol. The Labute approximate surface area is 103 Å². The molecule has 3 unspecified atom stereocenters. The van der Waals surface area contributed by atoms with Crippen LogP contribution in [0.25, 0.3) is 0 Å². The fraction of sp³-hybridized carbons (Fsp3) is 0.533. The van der Waals surface area contributed by atoms with Crippen LogP contribution < -0.4 is 0 Å². The number of carboxylic acids is 1. The molecule has 0 aromatic rings. The summed E-state index contributed by atoms with van der Waals surface area (Å²) in [5.74, 6) is 0.370. The van der Waals surface area contributed by atoms with Crippen LogP contribution in [0.2, 0.25) is 0 Å². The number of hydrogen-bond donors (Lipinski definition) is 1. The molecule has 0 fully saturated rings. The lowest BCUT2D eigenvalue weighted by Crippen LogP contribution is -2.17. The predicted octanol–water partition coefficient (Wildman–Crippen LogP) is 3.57. The third kappa shape index (κ3) is 2.21. The number of carboxylic acid groups (broad SMARTS) is 1. The second-order valence-electron chi connectivity index (χ2n) is 5.34. The van der Waals surface area contributed by atoms with Crippen molar-refractivity contribution in [3.63, 3.8) is 0 Å².